The number of amides is 2. The van der Waals surface area contributed by atoms with Gasteiger partial charge < -0.3 is 4.74 Å². The molecular weight excluding hydrogens is 170 g/mol. The van der Waals surface area contributed by atoms with E-state index in [1.165, 1.54) is 4.90 Å². The van der Waals surface area contributed by atoms with Gasteiger partial charge in [-0.3, -0.25) is 14.5 Å². The molecule has 2 bridgehead atoms. The number of ether oxygens (including phenoxy) is 1. The van der Waals surface area contributed by atoms with Crippen LogP contribution in [0.4, 0.5) is 0 Å². The van der Waals surface area contributed by atoms with E-state index < -0.39 is 0 Å². The van der Waals surface area contributed by atoms with Gasteiger partial charge in [-0.2, -0.15) is 0 Å². The van der Waals surface area contributed by atoms with Crippen LogP contribution in [0.3, 0.4) is 0 Å². The van der Waals surface area contributed by atoms with Crippen LogP contribution >= 0.6 is 0 Å². The zero-order chi connectivity index (χ0) is 9.16. The Kier molecular flexibility index (Phi) is 1.22. The Morgan fingerprint density at radius 1 is 1.15 bits per heavy atom. The molecule has 13 heavy (non-hydrogen) atoms. The lowest BCUT2D eigenvalue weighted by Crippen LogP contribution is -2.30. The Bertz CT molecular complexity index is 273. The molecule has 0 saturated carbocycles. The van der Waals surface area contributed by atoms with Crippen molar-refractivity contribution in [3.05, 3.63) is 0 Å². The molecule has 0 aromatic heterocycles. The smallest absolute Gasteiger partial charge is 0.235 e. The Balaban J connectivity index is 2.03. The monoisotopic (exact) mass is 181 g/mol. The van der Waals surface area contributed by atoms with Crippen molar-refractivity contribution in [1.82, 2.24) is 4.90 Å². The number of likely N-dealkylation sites (tertiary alicyclic amines) is 1. The average Bonchev–Trinajstić information content (AvgIpc) is 2.76. The minimum Gasteiger partial charge on any atom is -0.373 e. The topological polar surface area (TPSA) is 46.6 Å². The van der Waals surface area contributed by atoms with Crippen LogP contribution in [0.5, 0.6) is 0 Å². The Labute approximate surface area is 75.8 Å². The summed E-state index contributed by atoms with van der Waals surface area (Å²) in [6, 6.07) is 0. The number of carbonyl (C=O) groups excluding carboxylic acids is 2. The van der Waals surface area contributed by atoms with Crippen molar-refractivity contribution in [2.45, 2.75) is 25.0 Å². The average molecular weight is 181 g/mol. The highest BCUT2D eigenvalue weighted by Gasteiger charge is 2.61. The van der Waals surface area contributed by atoms with Crippen LogP contribution in [0.2, 0.25) is 0 Å². The standard InChI is InChI=1S/C9H11NO3/c1-10-8(11)6-4-2-3-5(13-4)7(6)9(10)12/h4-7H,2-3H2,1H3/t4-,5+,6-,7+. The molecule has 0 aromatic rings. The van der Waals surface area contributed by atoms with Gasteiger partial charge in [0, 0.05) is 7.05 Å². The third kappa shape index (κ3) is 0.705. The summed E-state index contributed by atoms with van der Waals surface area (Å²) in [6.45, 7) is 0. The maximum Gasteiger partial charge on any atom is 0.235 e. The van der Waals surface area contributed by atoms with Crippen molar-refractivity contribution in [2.24, 2.45) is 11.8 Å². The summed E-state index contributed by atoms with van der Waals surface area (Å²) >= 11 is 0. The lowest BCUT2D eigenvalue weighted by Gasteiger charge is -2.15. The van der Waals surface area contributed by atoms with Crippen LogP contribution in [0, 0.1) is 11.8 Å². The zero-order valence-corrected chi connectivity index (χ0v) is 7.40. The molecular formula is C9H11NO3. The van der Waals surface area contributed by atoms with Crippen molar-refractivity contribution in [3.8, 4) is 0 Å². The molecule has 0 aromatic carbocycles. The predicted molar refractivity (Wildman–Crippen MR) is 42.7 cm³/mol. The molecule has 2 amide bonds. The summed E-state index contributed by atoms with van der Waals surface area (Å²) in [5.74, 6) is -0.392. The molecule has 0 N–H and O–H groups in total. The van der Waals surface area contributed by atoms with Crippen LogP contribution < -0.4 is 0 Å². The van der Waals surface area contributed by atoms with Gasteiger partial charge in [0.05, 0.1) is 24.0 Å². The normalized spacial score (nSPS) is 47.6. The molecule has 0 spiro atoms. The van der Waals surface area contributed by atoms with E-state index in [1.807, 2.05) is 0 Å². The maximum atomic E-state index is 11.6. The zero-order valence-electron chi connectivity index (χ0n) is 7.40. The third-order valence-corrected chi connectivity index (χ3v) is 3.50. The van der Waals surface area contributed by atoms with Crippen LogP contribution in [-0.2, 0) is 14.3 Å². The summed E-state index contributed by atoms with van der Waals surface area (Å²) in [6.07, 6.45) is 1.94. The van der Waals surface area contributed by atoms with E-state index in [2.05, 4.69) is 0 Å². The quantitative estimate of drug-likeness (QED) is 0.485. The van der Waals surface area contributed by atoms with E-state index in [0.717, 1.165) is 12.8 Å². The SMILES string of the molecule is CN1C(=O)[C@@H]2[C@H](C1=O)[C@H]1CC[C@@H]2O1. The molecule has 0 unspecified atom stereocenters. The van der Waals surface area contributed by atoms with E-state index in [4.69, 9.17) is 4.74 Å². The van der Waals surface area contributed by atoms with Crippen LogP contribution in [-0.4, -0.2) is 36.0 Å². The molecule has 3 aliphatic heterocycles. The van der Waals surface area contributed by atoms with Gasteiger partial charge in [0.15, 0.2) is 0 Å². The van der Waals surface area contributed by atoms with E-state index in [1.54, 1.807) is 7.05 Å². The number of carbonyl (C=O) groups is 2. The van der Waals surface area contributed by atoms with Crippen molar-refractivity contribution in [1.29, 1.82) is 0 Å². The summed E-state index contributed by atoms with van der Waals surface area (Å²) in [4.78, 5) is 24.5. The Morgan fingerprint density at radius 2 is 1.62 bits per heavy atom. The molecule has 70 valence electrons. The minimum atomic E-state index is -0.156. The van der Waals surface area contributed by atoms with Gasteiger partial charge in [0.2, 0.25) is 11.8 Å². The van der Waals surface area contributed by atoms with E-state index in [-0.39, 0.29) is 35.9 Å². The van der Waals surface area contributed by atoms with Crippen molar-refractivity contribution in [2.75, 3.05) is 7.05 Å². The fourth-order valence-electron chi connectivity index (χ4n) is 2.86. The number of imide groups is 1. The summed E-state index contributed by atoms with van der Waals surface area (Å²) in [5, 5.41) is 0. The second kappa shape index (κ2) is 2.12. The molecule has 4 atom stereocenters. The minimum absolute atomic E-state index is 0.0244. The lowest BCUT2D eigenvalue weighted by atomic mass is 9.81. The number of hydrogen-bond acceptors (Lipinski definition) is 3. The first-order chi connectivity index (χ1) is 6.20. The molecule has 0 radical (unpaired) electrons. The number of rotatable bonds is 0. The molecule has 3 saturated heterocycles. The van der Waals surface area contributed by atoms with Gasteiger partial charge in [-0.25, -0.2) is 0 Å². The summed E-state index contributed by atoms with van der Waals surface area (Å²) < 4.78 is 5.56. The highest BCUT2D eigenvalue weighted by Crippen LogP contribution is 2.47. The second-order valence-corrected chi connectivity index (χ2v) is 4.08. The van der Waals surface area contributed by atoms with Gasteiger partial charge in [-0.15, -0.1) is 0 Å². The van der Waals surface area contributed by atoms with Crippen molar-refractivity contribution in [3.63, 3.8) is 0 Å². The molecule has 3 fully saturated rings. The molecule has 4 nitrogen and oxygen atoms in total. The van der Waals surface area contributed by atoms with E-state index in [0.29, 0.717) is 0 Å². The third-order valence-electron chi connectivity index (χ3n) is 3.50. The van der Waals surface area contributed by atoms with Crippen molar-refractivity contribution >= 4 is 11.8 Å². The van der Waals surface area contributed by atoms with Crippen LogP contribution in [0.1, 0.15) is 12.8 Å². The Hall–Kier alpha value is -0.900. The van der Waals surface area contributed by atoms with Crippen LogP contribution in [0.15, 0.2) is 0 Å². The molecule has 4 heteroatoms. The van der Waals surface area contributed by atoms with Gasteiger partial charge in [0.1, 0.15) is 0 Å². The summed E-state index contributed by atoms with van der Waals surface area (Å²) in [7, 11) is 1.57. The van der Waals surface area contributed by atoms with E-state index in [9.17, 15) is 9.59 Å². The van der Waals surface area contributed by atoms with Gasteiger partial charge in [0.25, 0.3) is 0 Å². The Morgan fingerprint density at radius 3 is 2.08 bits per heavy atom. The van der Waals surface area contributed by atoms with Gasteiger partial charge >= 0.3 is 0 Å². The highest BCUT2D eigenvalue weighted by atomic mass is 16.5. The van der Waals surface area contributed by atoms with Gasteiger partial charge in [-0.05, 0) is 12.8 Å². The predicted octanol–water partition coefficient (Wildman–Crippen LogP) is -0.221. The largest absolute Gasteiger partial charge is 0.373 e. The maximum absolute atomic E-state index is 11.6. The first-order valence-corrected chi connectivity index (χ1v) is 4.67. The second-order valence-electron chi connectivity index (χ2n) is 4.08. The molecule has 3 aliphatic rings. The molecule has 3 heterocycles. The fourth-order valence-corrected chi connectivity index (χ4v) is 2.86. The number of hydrogen-bond donors (Lipinski definition) is 0. The first-order valence-electron chi connectivity index (χ1n) is 4.67. The molecule has 0 aliphatic carbocycles. The van der Waals surface area contributed by atoms with Crippen molar-refractivity contribution < 1.29 is 14.3 Å². The number of nitrogens with zero attached hydrogens (tertiary/aromatic N) is 1. The first kappa shape index (κ1) is 7.50. The molecule has 3 rings (SSSR count). The summed E-state index contributed by atoms with van der Waals surface area (Å²) in [5.41, 5.74) is 0. The number of fused-ring (bicyclic) bond motifs is 5. The van der Waals surface area contributed by atoms with Gasteiger partial charge in [-0.1, -0.05) is 0 Å². The lowest BCUT2D eigenvalue weighted by molar-refractivity contribution is -0.140. The fraction of sp³-hybridized carbons (Fsp3) is 0.778. The highest BCUT2D eigenvalue weighted by molar-refractivity contribution is 6.06. The van der Waals surface area contributed by atoms with Crippen LogP contribution in [0.25, 0.3) is 0 Å². The van der Waals surface area contributed by atoms with E-state index >= 15 is 0 Å².